The van der Waals surface area contributed by atoms with Crippen LogP contribution < -0.4 is 0 Å². The number of hydrogen-bond donors (Lipinski definition) is 1. The molecule has 3 atom stereocenters. The second-order valence-corrected chi connectivity index (χ2v) is 6.55. The van der Waals surface area contributed by atoms with E-state index in [1.165, 1.54) is 11.1 Å². The molecule has 0 amide bonds. The SMILES string of the molecule is Cc1ccccc1C1=NC2CCC(C(=O)O)CC2S1. The number of carboxylic acid groups (broad SMARTS) is 1. The fourth-order valence-electron chi connectivity index (χ4n) is 2.88. The van der Waals surface area contributed by atoms with E-state index in [9.17, 15) is 4.79 Å². The molecular weight excluding hydrogens is 258 g/mol. The number of aliphatic imine (C=N–C) groups is 1. The van der Waals surface area contributed by atoms with Crippen LogP contribution in [-0.4, -0.2) is 27.4 Å². The van der Waals surface area contributed by atoms with Gasteiger partial charge in [-0.05, 0) is 31.7 Å². The van der Waals surface area contributed by atoms with E-state index in [0.717, 1.165) is 24.3 Å². The summed E-state index contributed by atoms with van der Waals surface area (Å²) in [6.07, 6.45) is 2.43. The molecule has 1 N–H and O–H groups in total. The van der Waals surface area contributed by atoms with Gasteiger partial charge < -0.3 is 5.11 Å². The standard InChI is InChI=1S/C15H17NO2S/c1-9-4-2-3-5-11(9)14-16-12-7-6-10(15(17)18)8-13(12)19-14/h2-5,10,12-13H,6-8H2,1H3,(H,17,18). The number of carbonyl (C=O) groups is 1. The molecule has 1 aliphatic heterocycles. The minimum atomic E-state index is -0.650. The Hall–Kier alpha value is -1.29. The Balaban J connectivity index is 1.79. The molecule has 0 aromatic heterocycles. The lowest BCUT2D eigenvalue weighted by atomic mass is 9.86. The highest BCUT2D eigenvalue weighted by atomic mass is 32.2. The summed E-state index contributed by atoms with van der Waals surface area (Å²) >= 11 is 1.77. The van der Waals surface area contributed by atoms with Crippen LogP contribution in [0, 0.1) is 12.8 Å². The van der Waals surface area contributed by atoms with Crippen LogP contribution in [0.4, 0.5) is 0 Å². The van der Waals surface area contributed by atoms with Crippen molar-refractivity contribution in [3.05, 3.63) is 35.4 Å². The van der Waals surface area contributed by atoms with Crippen molar-refractivity contribution in [1.82, 2.24) is 0 Å². The molecule has 0 radical (unpaired) electrons. The van der Waals surface area contributed by atoms with E-state index < -0.39 is 5.97 Å². The molecule has 3 rings (SSSR count). The van der Waals surface area contributed by atoms with Crippen LogP contribution in [0.5, 0.6) is 0 Å². The smallest absolute Gasteiger partial charge is 0.306 e. The van der Waals surface area contributed by atoms with Crippen LogP contribution in [0.3, 0.4) is 0 Å². The second-order valence-electron chi connectivity index (χ2n) is 5.32. The van der Waals surface area contributed by atoms with Gasteiger partial charge in [0.05, 0.1) is 17.0 Å². The van der Waals surface area contributed by atoms with Gasteiger partial charge in [0.2, 0.25) is 0 Å². The highest BCUT2D eigenvalue weighted by Crippen LogP contribution is 2.41. The van der Waals surface area contributed by atoms with Crippen molar-refractivity contribution in [1.29, 1.82) is 0 Å². The molecule has 4 heteroatoms. The van der Waals surface area contributed by atoms with Gasteiger partial charge in [-0.25, -0.2) is 0 Å². The monoisotopic (exact) mass is 275 g/mol. The number of aryl methyl sites for hydroxylation is 1. The molecule has 1 aromatic rings. The van der Waals surface area contributed by atoms with E-state index in [1.54, 1.807) is 11.8 Å². The number of nitrogens with zero attached hydrogens (tertiary/aromatic N) is 1. The maximum absolute atomic E-state index is 11.1. The van der Waals surface area contributed by atoms with Crippen molar-refractivity contribution in [3.8, 4) is 0 Å². The number of carboxylic acids is 1. The zero-order valence-electron chi connectivity index (χ0n) is 10.9. The zero-order valence-corrected chi connectivity index (χ0v) is 11.7. The van der Waals surface area contributed by atoms with Crippen molar-refractivity contribution in [2.45, 2.75) is 37.5 Å². The second kappa shape index (κ2) is 5.00. The summed E-state index contributed by atoms with van der Waals surface area (Å²) in [6, 6.07) is 8.59. The number of fused-ring (bicyclic) bond motifs is 1. The first kappa shape index (κ1) is 12.7. The lowest BCUT2D eigenvalue weighted by Gasteiger charge is -2.27. The van der Waals surface area contributed by atoms with Crippen LogP contribution in [0.2, 0.25) is 0 Å². The predicted molar refractivity (Wildman–Crippen MR) is 77.9 cm³/mol. The van der Waals surface area contributed by atoms with E-state index in [-0.39, 0.29) is 5.92 Å². The van der Waals surface area contributed by atoms with E-state index in [0.29, 0.717) is 11.3 Å². The highest BCUT2D eigenvalue weighted by molar-refractivity contribution is 8.15. The van der Waals surface area contributed by atoms with Crippen molar-refractivity contribution < 1.29 is 9.90 Å². The number of aliphatic carboxylic acids is 1. The van der Waals surface area contributed by atoms with Gasteiger partial charge in [0, 0.05) is 10.8 Å². The molecule has 1 aromatic carbocycles. The van der Waals surface area contributed by atoms with Crippen LogP contribution in [0.25, 0.3) is 0 Å². The summed E-state index contributed by atoms with van der Waals surface area (Å²) < 4.78 is 0. The topological polar surface area (TPSA) is 49.7 Å². The summed E-state index contributed by atoms with van der Waals surface area (Å²) in [6.45, 7) is 2.10. The molecule has 3 unspecified atom stereocenters. The normalized spacial score (nSPS) is 29.7. The van der Waals surface area contributed by atoms with Gasteiger partial charge >= 0.3 is 5.97 Å². The largest absolute Gasteiger partial charge is 0.481 e. The number of rotatable bonds is 2. The Morgan fingerprint density at radius 3 is 2.89 bits per heavy atom. The maximum atomic E-state index is 11.1. The number of thioether (sulfide) groups is 1. The fourth-order valence-corrected chi connectivity index (χ4v) is 4.40. The van der Waals surface area contributed by atoms with Crippen LogP contribution >= 0.6 is 11.8 Å². The van der Waals surface area contributed by atoms with Crippen molar-refractivity contribution >= 4 is 22.8 Å². The molecule has 3 nitrogen and oxygen atoms in total. The first-order valence-corrected chi connectivity index (χ1v) is 7.56. The van der Waals surface area contributed by atoms with Crippen molar-refractivity contribution in [2.24, 2.45) is 10.9 Å². The van der Waals surface area contributed by atoms with E-state index >= 15 is 0 Å². The lowest BCUT2D eigenvalue weighted by molar-refractivity contribution is -0.142. The summed E-state index contributed by atoms with van der Waals surface area (Å²) in [5.41, 5.74) is 2.44. The van der Waals surface area contributed by atoms with E-state index in [4.69, 9.17) is 10.1 Å². The summed E-state index contributed by atoms with van der Waals surface area (Å²) in [4.78, 5) is 15.9. The third kappa shape index (κ3) is 2.41. The Bertz CT molecular complexity index is 541. The summed E-state index contributed by atoms with van der Waals surface area (Å²) in [5.74, 6) is -0.830. The van der Waals surface area contributed by atoms with Gasteiger partial charge in [-0.1, -0.05) is 24.3 Å². The zero-order chi connectivity index (χ0) is 13.4. The van der Waals surface area contributed by atoms with Crippen molar-refractivity contribution in [3.63, 3.8) is 0 Å². The third-order valence-corrected chi connectivity index (χ3v) is 5.39. The minimum absolute atomic E-state index is 0.180. The van der Waals surface area contributed by atoms with Crippen LogP contribution in [0.1, 0.15) is 30.4 Å². The average molecular weight is 275 g/mol. The van der Waals surface area contributed by atoms with Gasteiger partial charge in [0.1, 0.15) is 0 Å². The molecule has 2 aliphatic rings. The molecule has 0 bridgehead atoms. The van der Waals surface area contributed by atoms with Crippen LogP contribution in [0.15, 0.2) is 29.3 Å². The number of benzene rings is 1. The molecule has 1 fully saturated rings. The van der Waals surface area contributed by atoms with E-state index in [1.807, 2.05) is 12.1 Å². The lowest BCUT2D eigenvalue weighted by Crippen LogP contribution is -2.31. The van der Waals surface area contributed by atoms with Gasteiger partial charge in [-0.3, -0.25) is 9.79 Å². The third-order valence-electron chi connectivity index (χ3n) is 4.03. The summed E-state index contributed by atoms with van der Waals surface area (Å²) in [5, 5.41) is 10.6. The van der Waals surface area contributed by atoms with Gasteiger partial charge in [-0.15, -0.1) is 11.8 Å². The molecule has 1 aliphatic carbocycles. The fraction of sp³-hybridized carbons (Fsp3) is 0.467. The van der Waals surface area contributed by atoms with Gasteiger partial charge in [-0.2, -0.15) is 0 Å². The molecule has 1 saturated carbocycles. The Kier molecular flexibility index (Phi) is 3.35. The molecular formula is C15H17NO2S. The molecule has 0 saturated heterocycles. The van der Waals surface area contributed by atoms with Crippen molar-refractivity contribution in [2.75, 3.05) is 0 Å². The Morgan fingerprint density at radius 1 is 1.37 bits per heavy atom. The quantitative estimate of drug-likeness (QED) is 0.902. The van der Waals surface area contributed by atoms with Crippen LogP contribution in [-0.2, 0) is 4.79 Å². The maximum Gasteiger partial charge on any atom is 0.306 e. The first-order valence-electron chi connectivity index (χ1n) is 6.68. The molecule has 1 heterocycles. The van der Waals surface area contributed by atoms with Gasteiger partial charge in [0.15, 0.2) is 0 Å². The minimum Gasteiger partial charge on any atom is -0.481 e. The number of hydrogen-bond acceptors (Lipinski definition) is 3. The molecule has 19 heavy (non-hydrogen) atoms. The highest BCUT2D eigenvalue weighted by Gasteiger charge is 2.38. The first-order chi connectivity index (χ1) is 9.15. The molecule has 0 spiro atoms. The summed E-state index contributed by atoms with van der Waals surface area (Å²) in [7, 11) is 0. The average Bonchev–Trinajstić information content (AvgIpc) is 2.81. The Labute approximate surface area is 117 Å². The van der Waals surface area contributed by atoms with Gasteiger partial charge in [0.25, 0.3) is 0 Å². The Morgan fingerprint density at radius 2 is 2.16 bits per heavy atom. The van der Waals surface area contributed by atoms with E-state index in [2.05, 4.69) is 19.1 Å². The molecule has 100 valence electrons. The predicted octanol–water partition coefficient (Wildman–Crippen LogP) is 3.11.